The summed E-state index contributed by atoms with van der Waals surface area (Å²) in [6.07, 6.45) is 6.77. The summed E-state index contributed by atoms with van der Waals surface area (Å²) in [7, 11) is 0. The van der Waals surface area contributed by atoms with Crippen LogP contribution in [0.5, 0.6) is 0 Å². The molecule has 1 heterocycles. The van der Waals surface area contributed by atoms with Crippen molar-refractivity contribution in [3.05, 3.63) is 12.3 Å². The Balaban J connectivity index is 2.14. The molecule has 1 aliphatic carbocycles. The van der Waals surface area contributed by atoms with Crippen LogP contribution in [0.25, 0.3) is 0 Å². The molecule has 1 saturated carbocycles. The van der Waals surface area contributed by atoms with Crippen molar-refractivity contribution in [2.75, 3.05) is 0 Å². The minimum Gasteiger partial charge on any atom is -0.330 e. The number of allylic oxidation sites excluding steroid dienone is 1. The van der Waals surface area contributed by atoms with E-state index in [0.29, 0.717) is 5.41 Å². The third kappa shape index (κ3) is 1.26. The first-order valence-electron chi connectivity index (χ1n) is 4.68. The Labute approximate surface area is 73.0 Å². The molecule has 66 valence electrons. The van der Waals surface area contributed by atoms with Crippen LogP contribution in [0.4, 0.5) is 0 Å². The van der Waals surface area contributed by atoms with Gasteiger partial charge in [-0.25, -0.2) is 0 Å². The summed E-state index contributed by atoms with van der Waals surface area (Å²) in [5.41, 5.74) is 1.23. The molecule has 2 rings (SSSR count). The van der Waals surface area contributed by atoms with Gasteiger partial charge < -0.3 is 5.32 Å². The number of amides is 1. The normalized spacial score (nSPS) is 27.7. The molecule has 0 aromatic heterocycles. The molecule has 0 unspecified atom stereocenters. The minimum absolute atomic E-state index is 0.174. The van der Waals surface area contributed by atoms with Crippen molar-refractivity contribution >= 4 is 5.91 Å². The van der Waals surface area contributed by atoms with Gasteiger partial charge in [0.25, 0.3) is 0 Å². The number of hydrogen-bond donors (Lipinski definition) is 1. The predicted molar refractivity (Wildman–Crippen MR) is 47.4 cm³/mol. The second kappa shape index (κ2) is 2.61. The average Bonchev–Trinajstić information content (AvgIpc) is 2.33. The van der Waals surface area contributed by atoms with Crippen LogP contribution in [0.2, 0.25) is 0 Å². The Kier molecular flexibility index (Phi) is 1.71. The van der Waals surface area contributed by atoms with Crippen molar-refractivity contribution in [1.82, 2.24) is 5.32 Å². The molecule has 0 atom stereocenters. The molecule has 2 fully saturated rings. The maximum atomic E-state index is 11.3. The number of piperidine rings is 1. The molecule has 0 aromatic carbocycles. The van der Waals surface area contributed by atoms with Crippen LogP contribution in [0, 0.1) is 5.41 Å². The highest BCUT2D eigenvalue weighted by atomic mass is 16.1. The Morgan fingerprint density at radius 3 is 2.50 bits per heavy atom. The Hall–Kier alpha value is -0.790. The number of nitrogens with one attached hydrogen (secondary N) is 1. The van der Waals surface area contributed by atoms with Crippen LogP contribution in [0.15, 0.2) is 12.3 Å². The predicted octanol–water partition coefficient (Wildman–Crippen LogP) is 1.97. The van der Waals surface area contributed by atoms with Crippen molar-refractivity contribution in [1.29, 1.82) is 0 Å². The number of carbonyl (C=O) groups excluding carboxylic acids is 1. The van der Waals surface area contributed by atoms with Crippen molar-refractivity contribution in [3.63, 3.8) is 0 Å². The summed E-state index contributed by atoms with van der Waals surface area (Å²) in [4.78, 5) is 11.3. The lowest BCUT2D eigenvalue weighted by atomic mass is 9.76. The van der Waals surface area contributed by atoms with Crippen LogP contribution >= 0.6 is 0 Å². The molecule has 2 heteroatoms. The quantitative estimate of drug-likeness (QED) is 0.584. The van der Waals surface area contributed by atoms with E-state index in [9.17, 15) is 4.79 Å². The maximum Gasteiger partial charge on any atom is 0.224 e. The smallest absolute Gasteiger partial charge is 0.224 e. The first kappa shape index (κ1) is 7.84. The van der Waals surface area contributed by atoms with Crippen LogP contribution in [0.1, 0.15) is 38.5 Å². The van der Waals surface area contributed by atoms with E-state index in [2.05, 4.69) is 11.9 Å². The fourth-order valence-electron chi connectivity index (χ4n) is 2.62. The maximum absolute atomic E-state index is 11.3. The zero-order chi connectivity index (χ0) is 8.60. The Morgan fingerprint density at radius 2 is 1.92 bits per heavy atom. The lowest BCUT2D eigenvalue weighted by molar-refractivity contribution is -0.124. The van der Waals surface area contributed by atoms with Crippen LogP contribution in [-0.4, -0.2) is 5.91 Å². The van der Waals surface area contributed by atoms with E-state index in [1.165, 1.54) is 25.7 Å². The van der Waals surface area contributed by atoms with Gasteiger partial charge in [-0.15, -0.1) is 0 Å². The first-order chi connectivity index (χ1) is 5.70. The van der Waals surface area contributed by atoms with Gasteiger partial charge in [0.15, 0.2) is 0 Å². The first-order valence-corrected chi connectivity index (χ1v) is 4.68. The van der Waals surface area contributed by atoms with Gasteiger partial charge in [-0.05, 0) is 24.7 Å². The van der Waals surface area contributed by atoms with Gasteiger partial charge in [0, 0.05) is 12.1 Å². The van der Waals surface area contributed by atoms with Gasteiger partial charge in [-0.1, -0.05) is 19.4 Å². The van der Waals surface area contributed by atoms with E-state index in [1.54, 1.807) is 0 Å². The largest absolute Gasteiger partial charge is 0.330 e. The second-order valence-electron chi connectivity index (χ2n) is 4.21. The second-order valence-corrected chi connectivity index (χ2v) is 4.21. The molecule has 1 amide bonds. The average molecular weight is 165 g/mol. The fourth-order valence-corrected chi connectivity index (χ4v) is 2.62. The standard InChI is InChI=1S/C10H15NO/c1-8-6-10(4-2-3-5-10)7-9(12)11-8/h1-7H2,(H,11,12). The third-order valence-corrected chi connectivity index (χ3v) is 3.10. The third-order valence-electron chi connectivity index (χ3n) is 3.10. The van der Waals surface area contributed by atoms with Gasteiger partial charge in [0.2, 0.25) is 5.91 Å². The van der Waals surface area contributed by atoms with Crippen molar-refractivity contribution < 1.29 is 4.79 Å². The molecule has 0 bridgehead atoms. The van der Waals surface area contributed by atoms with Crippen LogP contribution in [-0.2, 0) is 4.79 Å². The molecule has 0 radical (unpaired) electrons. The van der Waals surface area contributed by atoms with Gasteiger partial charge in [0.1, 0.15) is 0 Å². The molecule has 1 N–H and O–H groups in total. The number of rotatable bonds is 0. The SMILES string of the molecule is C=C1CC2(CCCC2)CC(=O)N1. The monoisotopic (exact) mass is 165 g/mol. The molecule has 2 aliphatic rings. The van der Waals surface area contributed by atoms with E-state index in [4.69, 9.17) is 0 Å². The topological polar surface area (TPSA) is 29.1 Å². The summed E-state index contributed by atoms with van der Waals surface area (Å²) >= 11 is 0. The minimum atomic E-state index is 0.174. The molecule has 0 aromatic rings. The molecule has 1 spiro atoms. The van der Waals surface area contributed by atoms with Crippen molar-refractivity contribution in [2.24, 2.45) is 5.41 Å². The van der Waals surface area contributed by atoms with Gasteiger partial charge >= 0.3 is 0 Å². The summed E-state index contributed by atoms with van der Waals surface area (Å²) in [6, 6.07) is 0. The van der Waals surface area contributed by atoms with Gasteiger partial charge in [-0.2, -0.15) is 0 Å². The number of hydrogen-bond acceptors (Lipinski definition) is 1. The number of carbonyl (C=O) groups is 1. The van der Waals surface area contributed by atoms with Crippen molar-refractivity contribution in [3.8, 4) is 0 Å². The molecular formula is C10H15NO. The zero-order valence-corrected chi connectivity index (χ0v) is 7.36. The summed E-state index contributed by atoms with van der Waals surface area (Å²) in [5, 5.41) is 2.80. The van der Waals surface area contributed by atoms with E-state index >= 15 is 0 Å². The van der Waals surface area contributed by atoms with E-state index in [1.807, 2.05) is 0 Å². The van der Waals surface area contributed by atoms with Crippen LogP contribution in [0.3, 0.4) is 0 Å². The molecule has 1 saturated heterocycles. The van der Waals surface area contributed by atoms with Gasteiger partial charge in [-0.3, -0.25) is 4.79 Å². The van der Waals surface area contributed by atoms with Gasteiger partial charge in [0.05, 0.1) is 0 Å². The summed E-state index contributed by atoms with van der Waals surface area (Å²) < 4.78 is 0. The Morgan fingerprint density at radius 1 is 1.25 bits per heavy atom. The Bertz CT molecular complexity index is 208. The van der Waals surface area contributed by atoms with Crippen LogP contribution < -0.4 is 5.32 Å². The summed E-state index contributed by atoms with van der Waals surface area (Å²) in [6.45, 7) is 3.85. The lowest BCUT2D eigenvalue weighted by Gasteiger charge is -2.33. The highest BCUT2D eigenvalue weighted by molar-refractivity contribution is 5.79. The highest BCUT2D eigenvalue weighted by Gasteiger charge is 2.39. The van der Waals surface area contributed by atoms with E-state index < -0.39 is 0 Å². The summed E-state index contributed by atoms with van der Waals surface area (Å²) in [5.74, 6) is 0.174. The highest BCUT2D eigenvalue weighted by Crippen LogP contribution is 2.46. The zero-order valence-electron chi connectivity index (χ0n) is 7.36. The molecule has 2 nitrogen and oxygen atoms in total. The fraction of sp³-hybridized carbons (Fsp3) is 0.700. The van der Waals surface area contributed by atoms with E-state index in [0.717, 1.165) is 18.5 Å². The molecular weight excluding hydrogens is 150 g/mol. The molecule has 12 heavy (non-hydrogen) atoms. The molecule has 1 aliphatic heterocycles. The van der Waals surface area contributed by atoms with Crippen molar-refractivity contribution in [2.45, 2.75) is 38.5 Å². The lowest BCUT2D eigenvalue weighted by Crippen LogP contribution is -2.37. The van der Waals surface area contributed by atoms with E-state index in [-0.39, 0.29) is 5.91 Å².